The highest BCUT2D eigenvalue weighted by Gasteiger charge is 2.47. The number of hydrogen-bond acceptors (Lipinski definition) is 3. The van der Waals surface area contributed by atoms with Crippen molar-refractivity contribution in [1.29, 1.82) is 0 Å². The summed E-state index contributed by atoms with van der Waals surface area (Å²) in [5.74, 6) is -1.59. The van der Waals surface area contributed by atoms with Crippen LogP contribution in [0.1, 0.15) is 22.7 Å². The van der Waals surface area contributed by atoms with Crippen LogP contribution in [0.2, 0.25) is 5.02 Å². The Morgan fingerprint density at radius 2 is 1.52 bits per heavy atom. The lowest BCUT2D eigenvalue weighted by molar-refractivity contribution is -0.132. The molecule has 0 aliphatic carbocycles. The number of carbonyl (C=O) groups is 2. The molecular weight excluding hydrogens is 386 g/mol. The highest BCUT2D eigenvalue weighted by atomic mass is 35.5. The van der Waals surface area contributed by atoms with Gasteiger partial charge in [-0.25, -0.2) is 0 Å². The van der Waals surface area contributed by atoms with Crippen molar-refractivity contribution in [2.45, 2.75) is 13.0 Å². The Morgan fingerprint density at radius 1 is 0.897 bits per heavy atom. The second kappa shape index (κ2) is 7.57. The highest BCUT2D eigenvalue weighted by molar-refractivity contribution is 6.51. The zero-order chi connectivity index (χ0) is 20.5. The largest absolute Gasteiger partial charge is 0.507 e. The number of benzene rings is 3. The minimum absolute atomic E-state index is 0.0618. The summed E-state index contributed by atoms with van der Waals surface area (Å²) in [5.41, 5.74) is 2.73. The Hall–Kier alpha value is -3.37. The van der Waals surface area contributed by atoms with Crippen LogP contribution in [-0.4, -0.2) is 16.8 Å². The first-order valence-electron chi connectivity index (χ1n) is 9.16. The third-order valence-corrected chi connectivity index (χ3v) is 5.30. The molecule has 1 amide bonds. The molecule has 1 atom stereocenters. The van der Waals surface area contributed by atoms with Crippen LogP contribution in [0.15, 0.2) is 84.4 Å². The molecule has 0 radical (unpaired) electrons. The average molecular weight is 404 g/mol. The van der Waals surface area contributed by atoms with Gasteiger partial charge in [-0.05, 0) is 48.4 Å². The molecule has 3 aromatic carbocycles. The molecule has 144 valence electrons. The van der Waals surface area contributed by atoms with Crippen LogP contribution in [0.4, 0.5) is 5.69 Å². The van der Waals surface area contributed by atoms with E-state index in [-0.39, 0.29) is 11.3 Å². The number of aliphatic hydroxyl groups is 1. The summed E-state index contributed by atoms with van der Waals surface area (Å²) < 4.78 is 0. The minimum Gasteiger partial charge on any atom is -0.507 e. The molecule has 1 heterocycles. The van der Waals surface area contributed by atoms with E-state index in [0.717, 1.165) is 11.1 Å². The third kappa shape index (κ3) is 3.32. The van der Waals surface area contributed by atoms with Crippen LogP contribution in [-0.2, 0) is 9.59 Å². The van der Waals surface area contributed by atoms with Crippen LogP contribution >= 0.6 is 11.6 Å². The number of hydrogen-bond donors (Lipinski definition) is 1. The summed E-state index contributed by atoms with van der Waals surface area (Å²) in [4.78, 5) is 27.5. The van der Waals surface area contributed by atoms with Gasteiger partial charge >= 0.3 is 0 Å². The summed E-state index contributed by atoms with van der Waals surface area (Å²) >= 11 is 5.95. The molecule has 1 aliphatic heterocycles. The van der Waals surface area contributed by atoms with E-state index in [1.807, 2.05) is 55.5 Å². The van der Waals surface area contributed by atoms with Crippen LogP contribution in [0.25, 0.3) is 5.76 Å². The molecule has 0 saturated carbocycles. The van der Waals surface area contributed by atoms with Crippen molar-refractivity contribution >= 4 is 34.7 Å². The van der Waals surface area contributed by atoms with Crippen molar-refractivity contribution in [3.8, 4) is 0 Å². The maximum Gasteiger partial charge on any atom is 0.300 e. The first-order chi connectivity index (χ1) is 14.0. The Bertz CT molecular complexity index is 1120. The van der Waals surface area contributed by atoms with Gasteiger partial charge in [0.1, 0.15) is 5.76 Å². The Balaban J connectivity index is 1.96. The van der Waals surface area contributed by atoms with Crippen LogP contribution in [0.5, 0.6) is 0 Å². The lowest BCUT2D eigenvalue weighted by Gasteiger charge is -2.26. The van der Waals surface area contributed by atoms with E-state index in [1.165, 1.54) is 4.90 Å². The van der Waals surface area contributed by atoms with Gasteiger partial charge in [0, 0.05) is 16.3 Å². The maximum atomic E-state index is 13.1. The smallest absolute Gasteiger partial charge is 0.300 e. The van der Waals surface area contributed by atoms with Crippen molar-refractivity contribution in [3.63, 3.8) is 0 Å². The number of aliphatic hydroxyl groups excluding tert-OH is 1. The van der Waals surface area contributed by atoms with Crippen LogP contribution in [0.3, 0.4) is 0 Å². The number of amides is 1. The fourth-order valence-electron chi connectivity index (χ4n) is 3.63. The highest BCUT2D eigenvalue weighted by Crippen LogP contribution is 2.42. The summed E-state index contributed by atoms with van der Waals surface area (Å²) in [5, 5.41) is 11.5. The van der Waals surface area contributed by atoms with Crippen LogP contribution < -0.4 is 4.90 Å². The summed E-state index contributed by atoms with van der Waals surface area (Å²) in [6, 6.07) is 22.4. The molecule has 4 rings (SSSR count). The first kappa shape index (κ1) is 19.0. The average Bonchev–Trinajstić information content (AvgIpc) is 3.00. The maximum absolute atomic E-state index is 13.1. The number of rotatable bonds is 3. The fourth-order valence-corrected chi connectivity index (χ4v) is 3.75. The zero-order valence-corrected chi connectivity index (χ0v) is 16.4. The molecule has 4 nitrogen and oxygen atoms in total. The molecule has 1 unspecified atom stereocenters. The summed E-state index contributed by atoms with van der Waals surface area (Å²) in [6.07, 6.45) is 0. The number of Topliss-reactive ketones (excluding diaryl/α,β-unsaturated/α-hetero) is 1. The number of para-hydroxylation sites is 1. The molecule has 29 heavy (non-hydrogen) atoms. The second-order valence-electron chi connectivity index (χ2n) is 6.87. The van der Waals surface area contributed by atoms with E-state index in [2.05, 4.69) is 0 Å². The van der Waals surface area contributed by atoms with Crippen molar-refractivity contribution in [2.24, 2.45) is 0 Å². The van der Waals surface area contributed by atoms with Gasteiger partial charge in [0.15, 0.2) is 0 Å². The predicted molar refractivity (Wildman–Crippen MR) is 114 cm³/mol. The molecule has 1 fully saturated rings. The predicted octanol–water partition coefficient (Wildman–Crippen LogP) is 5.27. The van der Waals surface area contributed by atoms with E-state index in [0.29, 0.717) is 16.3 Å². The Labute approximate surface area is 173 Å². The number of halogens is 1. The van der Waals surface area contributed by atoms with Gasteiger partial charge in [-0.1, -0.05) is 60.1 Å². The molecule has 1 saturated heterocycles. The number of anilines is 1. The second-order valence-corrected chi connectivity index (χ2v) is 7.31. The topological polar surface area (TPSA) is 57.6 Å². The van der Waals surface area contributed by atoms with E-state index in [9.17, 15) is 14.7 Å². The number of aryl methyl sites for hydroxylation is 1. The van der Waals surface area contributed by atoms with Gasteiger partial charge in [0.05, 0.1) is 11.6 Å². The lowest BCUT2D eigenvalue weighted by atomic mass is 9.95. The van der Waals surface area contributed by atoms with Crippen molar-refractivity contribution < 1.29 is 14.7 Å². The molecule has 5 heteroatoms. The molecule has 1 N–H and O–H groups in total. The van der Waals surface area contributed by atoms with E-state index in [4.69, 9.17) is 11.6 Å². The lowest BCUT2D eigenvalue weighted by Crippen LogP contribution is -2.30. The SMILES string of the molecule is Cc1ccccc1N1C(=O)C(=O)/C(=C(/O)c2ccc(Cl)cc2)C1c1ccccc1. The Kier molecular flexibility index (Phi) is 4.95. The molecule has 0 bridgehead atoms. The zero-order valence-electron chi connectivity index (χ0n) is 15.7. The van der Waals surface area contributed by atoms with E-state index < -0.39 is 17.7 Å². The van der Waals surface area contributed by atoms with Gasteiger partial charge in [-0.15, -0.1) is 0 Å². The van der Waals surface area contributed by atoms with Crippen molar-refractivity contribution in [3.05, 3.63) is 106 Å². The van der Waals surface area contributed by atoms with Gasteiger partial charge < -0.3 is 5.11 Å². The van der Waals surface area contributed by atoms with Gasteiger partial charge in [0.25, 0.3) is 11.7 Å². The summed E-state index contributed by atoms with van der Waals surface area (Å²) in [6.45, 7) is 1.88. The Morgan fingerprint density at radius 3 is 2.17 bits per heavy atom. The van der Waals surface area contributed by atoms with Gasteiger partial charge in [-0.2, -0.15) is 0 Å². The number of nitrogens with zero attached hydrogens (tertiary/aromatic N) is 1. The summed E-state index contributed by atoms with van der Waals surface area (Å²) in [7, 11) is 0. The third-order valence-electron chi connectivity index (χ3n) is 5.05. The first-order valence-corrected chi connectivity index (χ1v) is 9.54. The normalized spacial score (nSPS) is 18.3. The fraction of sp³-hybridized carbons (Fsp3) is 0.0833. The molecule has 1 aliphatic rings. The molecule has 3 aromatic rings. The standard InChI is InChI=1S/C24H18ClNO3/c1-15-7-5-6-10-19(15)26-21(16-8-3-2-4-9-16)20(23(28)24(26)29)22(27)17-11-13-18(25)14-12-17/h2-14,21,27H,1H3/b22-20+. The van der Waals surface area contributed by atoms with Crippen molar-refractivity contribution in [1.82, 2.24) is 0 Å². The van der Waals surface area contributed by atoms with Crippen molar-refractivity contribution in [2.75, 3.05) is 4.90 Å². The van der Waals surface area contributed by atoms with E-state index in [1.54, 1.807) is 30.3 Å². The molecular formula is C24H18ClNO3. The van der Waals surface area contributed by atoms with E-state index >= 15 is 0 Å². The van der Waals surface area contributed by atoms with Crippen LogP contribution in [0, 0.1) is 6.92 Å². The molecule has 0 spiro atoms. The number of carbonyl (C=O) groups excluding carboxylic acids is 2. The minimum atomic E-state index is -0.729. The number of ketones is 1. The van der Waals surface area contributed by atoms with Gasteiger partial charge in [0.2, 0.25) is 0 Å². The monoisotopic (exact) mass is 403 g/mol. The molecule has 0 aromatic heterocycles. The van der Waals surface area contributed by atoms with Gasteiger partial charge in [-0.3, -0.25) is 14.5 Å². The quantitative estimate of drug-likeness (QED) is 0.368.